The predicted octanol–water partition coefficient (Wildman–Crippen LogP) is -1.46. The third kappa shape index (κ3) is 1.43. The monoisotopic (exact) mass is 312 g/mol. The molecule has 15 heavy (non-hydrogen) atoms. The first-order chi connectivity index (χ1) is 7.27. The van der Waals surface area contributed by atoms with Crippen molar-refractivity contribution in [3.8, 4) is 0 Å². The fraction of sp³-hybridized carbons (Fsp3) is 0.182. The molecule has 1 fully saturated rings. The maximum atomic E-state index is 6.02. The van der Waals surface area contributed by atoms with Crippen LogP contribution in [0.2, 0.25) is 0 Å². The molecule has 0 aliphatic carbocycles. The van der Waals surface area contributed by atoms with E-state index in [9.17, 15) is 0 Å². The van der Waals surface area contributed by atoms with Gasteiger partial charge < -0.3 is 0 Å². The molecule has 0 radical (unpaired) electrons. The number of hydrogen-bond donors (Lipinski definition) is 2. The predicted molar refractivity (Wildman–Crippen MR) is 58.2 cm³/mol. The Morgan fingerprint density at radius 1 is 1.27 bits per heavy atom. The molecule has 1 aromatic heterocycles. The molecule has 1 saturated heterocycles. The Kier molecular flexibility index (Phi) is 1.98. The summed E-state index contributed by atoms with van der Waals surface area (Å²) in [4.78, 5) is 4.31. The zero-order chi connectivity index (χ0) is 10.4. The molecular weight excluding hydrogens is 301 g/mol. The molecule has 0 amide bonds. The molecule has 4 N–H and O–H groups in total. The summed E-state index contributed by atoms with van der Waals surface area (Å²) in [5.74, 6) is 0.486. The number of fused-ring (bicyclic) bond motifs is 1. The maximum absolute atomic E-state index is 6.02. The minimum atomic E-state index is 0.328. The van der Waals surface area contributed by atoms with E-state index in [2.05, 4.69) is 11.1 Å². The molecule has 3 nitrogen and oxygen atoms in total. The van der Waals surface area contributed by atoms with E-state index < -0.39 is 0 Å². The second kappa shape index (κ2) is 3.23. The van der Waals surface area contributed by atoms with Crippen LogP contribution in [-0.4, -0.2) is 9.41 Å². The van der Waals surface area contributed by atoms with Gasteiger partial charge in [0.2, 0.25) is 0 Å². The first-order valence-corrected chi connectivity index (χ1v) is 7.56. The summed E-state index contributed by atoms with van der Waals surface area (Å²) in [7, 11) is 0. The Balaban J connectivity index is 2.40. The van der Waals surface area contributed by atoms with Gasteiger partial charge in [0.05, 0.1) is 0 Å². The van der Waals surface area contributed by atoms with Gasteiger partial charge in [-0.15, -0.1) is 0 Å². The molecule has 0 bridgehead atoms. The third-order valence-corrected chi connectivity index (χ3v) is 5.01. The van der Waals surface area contributed by atoms with Crippen molar-refractivity contribution < 1.29 is 21.2 Å². The van der Waals surface area contributed by atoms with Gasteiger partial charge in [-0.25, -0.2) is 0 Å². The fourth-order valence-electron chi connectivity index (χ4n) is 1.81. The molecule has 4 heteroatoms. The van der Waals surface area contributed by atoms with Crippen LogP contribution < -0.4 is 32.7 Å². The number of anilines is 2. The van der Waals surface area contributed by atoms with E-state index in [1.165, 1.54) is 15.4 Å². The summed E-state index contributed by atoms with van der Waals surface area (Å²) in [6.45, 7) is 0. The molecule has 1 aromatic carbocycles. The number of halogens is 1. The molecule has 1 aliphatic heterocycles. The quantitative estimate of drug-likeness (QED) is 0.500. The molecular formula is C11H11IN3-. The van der Waals surface area contributed by atoms with Gasteiger partial charge in [0, 0.05) is 0 Å². The summed E-state index contributed by atoms with van der Waals surface area (Å²) < 4.78 is 2.04. The van der Waals surface area contributed by atoms with Crippen molar-refractivity contribution in [3.63, 3.8) is 0 Å². The van der Waals surface area contributed by atoms with E-state index >= 15 is 0 Å². The van der Waals surface area contributed by atoms with Gasteiger partial charge in [0.15, 0.2) is 0 Å². The van der Waals surface area contributed by atoms with E-state index in [0.717, 1.165) is 5.52 Å². The first kappa shape index (κ1) is 9.21. The van der Waals surface area contributed by atoms with E-state index in [1.807, 2.05) is 18.2 Å². The second-order valence-electron chi connectivity index (χ2n) is 3.62. The topological polar surface area (TPSA) is 64.9 Å². The van der Waals surface area contributed by atoms with E-state index in [4.69, 9.17) is 11.5 Å². The average Bonchev–Trinajstić information content (AvgIpc) is 3.04. The third-order valence-electron chi connectivity index (χ3n) is 2.62. The summed E-state index contributed by atoms with van der Waals surface area (Å²) in [6, 6.07) is 8.10. The Labute approximate surface area is 98.1 Å². The number of para-hydroxylation sites is 1. The second-order valence-corrected chi connectivity index (χ2v) is 6.88. The minimum absolute atomic E-state index is 0.328. The summed E-state index contributed by atoms with van der Waals surface area (Å²) in [5.41, 5.74) is 14.8. The normalized spacial score (nSPS) is 19.9. The van der Waals surface area contributed by atoms with Crippen LogP contribution in [0.25, 0.3) is 10.9 Å². The molecule has 3 rings (SSSR count). The van der Waals surface area contributed by atoms with Crippen LogP contribution in [0.3, 0.4) is 0 Å². The number of alkyl halides is 2. The number of pyridine rings is 1. The van der Waals surface area contributed by atoms with Crippen molar-refractivity contribution in [3.05, 3.63) is 29.8 Å². The van der Waals surface area contributed by atoms with Crippen LogP contribution in [0.5, 0.6) is 0 Å². The van der Waals surface area contributed by atoms with Gasteiger partial charge in [0.1, 0.15) is 0 Å². The molecule has 1 unspecified atom stereocenters. The SMILES string of the molecule is Nc1nc2ccccc2c(C2C[I-]2)c1N. The average molecular weight is 312 g/mol. The van der Waals surface area contributed by atoms with E-state index in [-0.39, 0.29) is 0 Å². The fourth-order valence-corrected chi connectivity index (χ4v) is 3.61. The van der Waals surface area contributed by atoms with Gasteiger partial charge in [-0.1, -0.05) is 0 Å². The first-order valence-electron chi connectivity index (χ1n) is 4.78. The number of nitrogens with two attached hydrogens (primary N) is 2. The van der Waals surface area contributed by atoms with Gasteiger partial charge in [-0.2, -0.15) is 0 Å². The standard InChI is InChI=1S/C11H11IN3/c13-10-9(7-5-12-7)6-3-1-2-4-8(6)15-11(10)14/h1-4,7H,5,13H2,(H2,14,15)/q-1. The number of nitrogen functional groups attached to an aromatic ring is 2. The van der Waals surface area contributed by atoms with Crippen molar-refractivity contribution >= 4 is 22.4 Å². The molecule has 0 saturated carbocycles. The molecule has 78 valence electrons. The Morgan fingerprint density at radius 2 is 2.00 bits per heavy atom. The molecule has 2 aromatic rings. The van der Waals surface area contributed by atoms with Crippen LogP contribution in [0.15, 0.2) is 24.3 Å². The summed E-state index contributed by atoms with van der Waals surface area (Å²) in [6.07, 6.45) is 0. The zero-order valence-electron chi connectivity index (χ0n) is 8.07. The van der Waals surface area contributed by atoms with E-state index in [1.54, 1.807) is 0 Å². The number of hydrogen-bond acceptors (Lipinski definition) is 3. The number of benzene rings is 1. The van der Waals surface area contributed by atoms with Crippen molar-refractivity contribution in [1.29, 1.82) is 0 Å². The van der Waals surface area contributed by atoms with E-state index in [0.29, 0.717) is 36.6 Å². The van der Waals surface area contributed by atoms with Crippen molar-refractivity contribution in [2.45, 2.75) is 3.92 Å². The molecule has 1 aliphatic rings. The van der Waals surface area contributed by atoms with Gasteiger partial charge >= 0.3 is 98.2 Å². The van der Waals surface area contributed by atoms with Crippen LogP contribution in [0, 0.1) is 0 Å². The van der Waals surface area contributed by atoms with Crippen molar-refractivity contribution in [1.82, 2.24) is 4.98 Å². The summed E-state index contributed by atoms with van der Waals surface area (Å²) >= 11 is 0.328. The van der Waals surface area contributed by atoms with Gasteiger partial charge in [-0.05, 0) is 0 Å². The number of rotatable bonds is 1. The van der Waals surface area contributed by atoms with Gasteiger partial charge in [0.25, 0.3) is 0 Å². The number of aromatic nitrogens is 1. The zero-order valence-corrected chi connectivity index (χ0v) is 10.2. The summed E-state index contributed by atoms with van der Waals surface area (Å²) in [5, 5.41) is 1.19. The van der Waals surface area contributed by atoms with Crippen LogP contribution in [0.1, 0.15) is 9.49 Å². The van der Waals surface area contributed by atoms with Gasteiger partial charge in [-0.3, -0.25) is 0 Å². The Morgan fingerprint density at radius 3 is 2.73 bits per heavy atom. The molecule has 0 spiro atoms. The van der Waals surface area contributed by atoms with Crippen LogP contribution in [0.4, 0.5) is 11.5 Å². The van der Waals surface area contributed by atoms with Crippen molar-refractivity contribution in [2.75, 3.05) is 15.9 Å². The Hall–Kier alpha value is -1.04. The number of nitrogens with zero attached hydrogens (tertiary/aromatic N) is 1. The molecule has 2 heterocycles. The van der Waals surface area contributed by atoms with Crippen LogP contribution in [-0.2, 0) is 0 Å². The molecule has 1 atom stereocenters. The van der Waals surface area contributed by atoms with Crippen LogP contribution >= 0.6 is 0 Å². The van der Waals surface area contributed by atoms with Crippen molar-refractivity contribution in [2.24, 2.45) is 0 Å². The Bertz CT molecular complexity index is 535.